The summed E-state index contributed by atoms with van der Waals surface area (Å²) < 4.78 is 7.28. The van der Waals surface area contributed by atoms with Crippen molar-refractivity contribution in [1.29, 1.82) is 0 Å². The molecule has 166 valence electrons. The summed E-state index contributed by atoms with van der Waals surface area (Å²) in [6.07, 6.45) is 3.98. The fourth-order valence-electron chi connectivity index (χ4n) is 3.82. The number of pyridine rings is 1. The average molecular weight is 440 g/mol. The Bertz CT molecular complexity index is 1150. The summed E-state index contributed by atoms with van der Waals surface area (Å²) in [5.41, 5.74) is 1.34. The summed E-state index contributed by atoms with van der Waals surface area (Å²) in [6.45, 7) is 0.994. The molecule has 1 amide bonds. The van der Waals surface area contributed by atoms with Gasteiger partial charge in [0.15, 0.2) is 24.5 Å². The van der Waals surface area contributed by atoms with E-state index >= 15 is 0 Å². The van der Waals surface area contributed by atoms with Crippen LogP contribution in [-0.2, 0) is 23.5 Å². The SMILES string of the molecule is COc1ccc(C[n+]2cccc(CNC(=O)C(O)(c3ccccc3)c3ccccc3)c2)cc1. The van der Waals surface area contributed by atoms with Crippen molar-refractivity contribution in [3.8, 4) is 5.75 Å². The molecule has 0 saturated heterocycles. The van der Waals surface area contributed by atoms with Gasteiger partial charge in [0.1, 0.15) is 5.75 Å². The second-order valence-corrected chi connectivity index (χ2v) is 7.86. The number of carbonyl (C=O) groups excluding carboxylic acids is 1. The molecule has 0 saturated carbocycles. The van der Waals surface area contributed by atoms with E-state index in [9.17, 15) is 9.90 Å². The summed E-state index contributed by atoms with van der Waals surface area (Å²) in [4.78, 5) is 13.3. The number of benzene rings is 3. The van der Waals surface area contributed by atoms with Crippen LogP contribution in [-0.4, -0.2) is 18.1 Å². The van der Waals surface area contributed by atoms with Gasteiger partial charge >= 0.3 is 0 Å². The van der Waals surface area contributed by atoms with E-state index in [0.717, 1.165) is 16.9 Å². The number of rotatable bonds is 8. The predicted molar refractivity (Wildman–Crippen MR) is 126 cm³/mol. The van der Waals surface area contributed by atoms with Crippen molar-refractivity contribution in [2.45, 2.75) is 18.7 Å². The summed E-state index contributed by atoms with van der Waals surface area (Å²) in [5, 5.41) is 14.5. The largest absolute Gasteiger partial charge is 0.497 e. The average Bonchev–Trinajstić information content (AvgIpc) is 2.88. The van der Waals surface area contributed by atoms with E-state index < -0.39 is 11.5 Å². The van der Waals surface area contributed by atoms with Crippen LogP contribution in [0.1, 0.15) is 22.3 Å². The topological polar surface area (TPSA) is 62.4 Å². The van der Waals surface area contributed by atoms with Crippen LogP contribution in [0, 0.1) is 0 Å². The highest BCUT2D eigenvalue weighted by Gasteiger charge is 2.39. The van der Waals surface area contributed by atoms with Crippen LogP contribution in [0.25, 0.3) is 0 Å². The quantitative estimate of drug-likeness (QED) is 0.413. The van der Waals surface area contributed by atoms with Gasteiger partial charge in [-0.15, -0.1) is 0 Å². The van der Waals surface area contributed by atoms with Crippen molar-refractivity contribution in [2.75, 3.05) is 7.11 Å². The molecule has 0 aliphatic carbocycles. The summed E-state index contributed by atoms with van der Waals surface area (Å²) in [6, 6.07) is 29.9. The van der Waals surface area contributed by atoms with Crippen molar-refractivity contribution in [2.24, 2.45) is 0 Å². The Morgan fingerprint density at radius 1 is 0.848 bits per heavy atom. The number of nitrogens with zero attached hydrogens (tertiary/aromatic N) is 1. The van der Waals surface area contributed by atoms with E-state index in [0.29, 0.717) is 24.2 Å². The predicted octanol–water partition coefficient (Wildman–Crippen LogP) is 3.58. The minimum absolute atomic E-state index is 0.296. The van der Waals surface area contributed by atoms with Gasteiger partial charge in [-0.25, -0.2) is 4.57 Å². The Balaban J connectivity index is 1.50. The zero-order chi connectivity index (χ0) is 23.1. The molecule has 0 spiro atoms. The lowest BCUT2D eigenvalue weighted by molar-refractivity contribution is -0.688. The molecule has 0 aliphatic heterocycles. The molecule has 1 aromatic heterocycles. The van der Waals surface area contributed by atoms with Gasteiger partial charge in [-0.2, -0.15) is 0 Å². The Morgan fingerprint density at radius 2 is 1.45 bits per heavy atom. The van der Waals surface area contributed by atoms with Crippen LogP contribution in [0.15, 0.2) is 109 Å². The molecule has 0 atom stereocenters. The van der Waals surface area contributed by atoms with Crippen molar-refractivity contribution in [1.82, 2.24) is 5.32 Å². The fourth-order valence-corrected chi connectivity index (χ4v) is 3.82. The van der Waals surface area contributed by atoms with Crippen LogP contribution in [0.4, 0.5) is 0 Å². The van der Waals surface area contributed by atoms with Gasteiger partial charge in [0.05, 0.1) is 7.11 Å². The fraction of sp³-hybridized carbons (Fsp3) is 0.143. The van der Waals surface area contributed by atoms with Crippen molar-refractivity contribution in [3.63, 3.8) is 0 Å². The van der Waals surface area contributed by atoms with E-state index in [1.807, 2.05) is 85.2 Å². The number of methoxy groups -OCH3 is 1. The number of hydrogen-bond donors (Lipinski definition) is 2. The number of aliphatic hydroxyl groups is 1. The third-order valence-electron chi connectivity index (χ3n) is 5.61. The molecule has 4 rings (SSSR count). The highest BCUT2D eigenvalue weighted by atomic mass is 16.5. The molecule has 0 unspecified atom stereocenters. The van der Waals surface area contributed by atoms with Gasteiger partial charge in [0.25, 0.3) is 5.91 Å². The smallest absolute Gasteiger partial charge is 0.261 e. The summed E-state index contributed by atoms with van der Waals surface area (Å²) in [5.74, 6) is 0.356. The summed E-state index contributed by atoms with van der Waals surface area (Å²) in [7, 11) is 1.65. The van der Waals surface area contributed by atoms with Gasteiger partial charge in [0, 0.05) is 23.7 Å². The standard InChI is InChI=1S/C28H26N2O3/c1-33-26-16-14-22(15-17-26)20-30-18-8-9-23(21-30)19-29-27(31)28(32,24-10-4-2-5-11-24)25-12-6-3-7-13-25/h2-18,21,32H,19-20H2,1H3/p+1. The Labute approximate surface area is 193 Å². The highest BCUT2D eigenvalue weighted by molar-refractivity contribution is 5.90. The maximum absolute atomic E-state index is 13.3. The second kappa shape index (κ2) is 10.1. The van der Waals surface area contributed by atoms with E-state index in [2.05, 4.69) is 9.88 Å². The maximum Gasteiger partial charge on any atom is 0.261 e. The normalized spacial score (nSPS) is 11.1. The molecule has 0 aliphatic rings. The number of hydrogen-bond acceptors (Lipinski definition) is 3. The van der Waals surface area contributed by atoms with E-state index in [1.54, 1.807) is 31.4 Å². The molecule has 1 heterocycles. The Hall–Kier alpha value is -3.96. The lowest BCUT2D eigenvalue weighted by Gasteiger charge is -2.28. The minimum atomic E-state index is -1.78. The summed E-state index contributed by atoms with van der Waals surface area (Å²) >= 11 is 0. The lowest BCUT2D eigenvalue weighted by atomic mass is 9.85. The van der Waals surface area contributed by atoms with E-state index in [1.165, 1.54) is 0 Å². The monoisotopic (exact) mass is 439 g/mol. The first kappa shape index (κ1) is 22.2. The molecule has 0 bridgehead atoms. The molecule has 33 heavy (non-hydrogen) atoms. The van der Waals surface area contributed by atoms with Gasteiger partial charge in [-0.1, -0.05) is 60.7 Å². The maximum atomic E-state index is 13.3. The van der Waals surface area contributed by atoms with Crippen LogP contribution in [0.3, 0.4) is 0 Å². The Kier molecular flexibility index (Phi) is 6.81. The molecule has 5 heteroatoms. The zero-order valence-electron chi connectivity index (χ0n) is 18.5. The molecule has 5 nitrogen and oxygen atoms in total. The molecular formula is C28H27N2O3+. The van der Waals surface area contributed by atoms with Gasteiger partial charge in [0.2, 0.25) is 0 Å². The first-order valence-electron chi connectivity index (χ1n) is 10.8. The van der Waals surface area contributed by atoms with Crippen LogP contribution < -0.4 is 14.6 Å². The molecule has 2 N–H and O–H groups in total. The third kappa shape index (κ3) is 5.10. The van der Waals surface area contributed by atoms with Crippen molar-refractivity contribution < 1.29 is 19.2 Å². The van der Waals surface area contributed by atoms with Gasteiger partial charge in [-0.3, -0.25) is 4.79 Å². The number of aromatic nitrogens is 1. The number of ether oxygens (including phenoxy) is 1. The van der Waals surface area contributed by atoms with Crippen LogP contribution >= 0.6 is 0 Å². The molecule has 3 aromatic carbocycles. The van der Waals surface area contributed by atoms with Crippen LogP contribution in [0.2, 0.25) is 0 Å². The lowest BCUT2D eigenvalue weighted by Crippen LogP contribution is -2.45. The van der Waals surface area contributed by atoms with Gasteiger partial charge in [-0.05, 0) is 41.5 Å². The van der Waals surface area contributed by atoms with Crippen molar-refractivity contribution >= 4 is 5.91 Å². The molecule has 0 fully saturated rings. The zero-order valence-corrected chi connectivity index (χ0v) is 18.5. The molecule has 4 aromatic rings. The van der Waals surface area contributed by atoms with Crippen LogP contribution in [0.5, 0.6) is 5.75 Å². The third-order valence-corrected chi connectivity index (χ3v) is 5.61. The van der Waals surface area contributed by atoms with Gasteiger partial charge < -0.3 is 15.2 Å². The molecule has 0 radical (unpaired) electrons. The second-order valence-electron chi connectivity index (χ2n) is 7.86. The number of nitrogens with one attached hydrogen (secondary N) is 1. The highest BCUT2D eigenvalue weighted by Crippen LogP contribution is 2.30. The first-order valence-corrected chi connectivity index (χ1v) is 10.8. The van der Waals surface area contributed by atoms with E-state index in [4.69, 9.17) is 4.74 Å². The number of amides is 1. The minimum Gasteiger partial charge on any atom is -0.497 e. The first-order chi connectivity index (χ1) is 16.1. The molecular weight excluding hydrogens is 412 g/mol. The van der Waals surface area contributed by atoms with Crippen molar-refractivity contribution in [3.05, 3.63) is 132 Å². The number of carbonyl (C=O) groups is 1. The van der Waals surface area contributed by atoms with E-state index in [-0.39, 0.29) is 0 Å². The Morgan fingerprint density at radius 3 is 2.03 bits per heavy atom.